The van der Waals surface area contributed by atoms with E-state index in [-0.39, 0.29) is 11.9 Å². The second-order valence-electron chi connectivity index (χ2n) is 2.40. The summed E-state index contributed by atoms with van der Waals surface area (Å²) in [4.78, 5) is 19.6. The van der Waals surface area contributed by atoms with Gasteiger partial charge >= 0.3 is 5.97 Å². The van der Waals surface area contributed by atoms with Crippen LogP contribution >= 0.6 is 0 Å². The van der Waals surface area contributed by atoms with Gasteiger partial charge in [0, 0.05) is 12.8 Å². The van der Waals surface area contributed by atoms with Crippen molar-refractivity contribution in [3.8, 4) is 0 Å². The molecule has 0 saturated heterocycles. The van der Waals surface area contributed by atoms with Gasteiger partial charge in [-0.1, -0.05) is 26.2 Å². The van der Waals surface area contributed by atoms with Gasteiger partial charge in [-0.25, -0.2) is 0 Å². The van der Waals surface area contributed by atoms with E-state index in [0.717, 1.165) is 25.2 Å². The van der Waals surface area contributed by atoms with Gasteiger partial charge in [0.2, 0.25) is 0 Å². The first-order valence-corrected chi connectivity index (χ1v) is 4.64. The molecule has 0 bridgehead atoms. The summed E-state index contributed by atoms with van der Waals surface area (Å²) in [7, 11) is 0. The highest BCUT2D eigenvalue weighted by Gasteiger charge is 1.92. The van der Waals surface area contributed by atoms with Crippen LogP contribution in [0.25, 0.3) is 0 Å². The van der Waals surface area contributed by atoms with Crippen LogP contribution in [0.4, 0.5) is 0 Å². The summed E-state index contributed by atoms with van der Waals surface area (Å²) in [5.41, 5.74) is 0. The zero-order chi connectivity index (χ0) is 13.4. The second-order valence-corrected chi connectivity index (χ2v) is 2.40. The van der Waals surface area contributed by atoms with Gasteiger partial charge < -0.3 is 14.6 Å². The summed E-state index contributed by atoms with van der Waals surface area (Å²) in [6.45, 7) is 12.8. The number of hydrogen-bond acceptors (Lipinski definition) is 4. The first-order valence-electron chi connectivity index (χ1n) is 4.64. The fraction of sp³-hybridized carbons (Fsp3) is 0.333. The Hall–Kier alpha value is -1.84. The molecule has 0 amide bonds. The zero-order valence-corrected chi connectivity index (χ0v) is 9.89. The van der Waals surface area contributed by atoms with Gasteiger partial charge in [0.1, 0.15) is 6.29 Å². The Labute approximate surface area is 96.9 Å². The van der Waals surface area contributed by atoms with Gasteiger partial charge in [0.05, 0.1) is 12.5 Å². The molecule has 0 aromatic carbocycles. The van der Waals surface area contributed by atoms with Crippen molar-refractivity contribution in [1.29, 1.82) is 0 Å². The average molecular weight is 228 g/mol. The summed E-state index contributed by atoms with van der Waals surface area (Å²) in [5, 5.41) is 7.33. The van der Waals surface area contributed by atoms with Crippen molar-refractivity contribution >= 4 is 12.3 Å². The van der Waals surface area contributed by atoms with Crippen LogP contribution in [0, 0.1) is 5.92 Å². The number of aliphatic hydroxyl groups is 1. The molecule has 0 aromatic rings. The lowest BCUT2D eigenvalue weighted by molar-refractivity contribution is -0.135. The Morgan fingerprint density at radius 3 is 1.88 bits per heavy atom. The van der Waals surface area contributed by atoms with Crippen LogP contribution < -0.4 is 0 Å². The fourth-order valence-corrected chi connectivity index (χ4v) is 0.436. The van der Waals surface area contributed by atoms with Gasteiger partial charge in [-0.15, -0.1) is 6.58 Å². The third kappa shape index (κ3) is 29.5. The highest BCUT2D eigenvalue weighted by atomic mass is 16.5. The molecule has 0 aliphatic carbocycles. The maximum Gasteiger partial charge on any atom is 0.307 e. The molecular formula is C12H20O4. The van der Waals surface area contributed by atoms with Crippen LogP contribution in [-0.2, 0) is 14.3 Å². The van der Waals surface area contributed by atoms with Crippen LogP contribution in [0.1, 0.15) is 20.3 Å². The fourth-order valence-electron chi connectivity index (χ4n) is 0.436. The third-order valence-corrected chi connectivity index (χ3v) is 1.20. The molecule has 0 aliphatic heterocycles. The van der Waals surface area contributed by atoms with Gasteiger partial charge in [-0.2, -0.15) is 0 Å². The van der Waals surface area contributed by atoms with Crippen molar-refractivity contribution in [2.45, 2.75) is 20.3 Å². The average Bonchev–Trinajstić information content (AvgIpc) is 2.22. The monoisotopic (exact) mass is 228 g/mol. The van der Waals surface area contributed by atoms with Gasteiger partial charge in [0.25, 0.3) is 0 Å². The quantitative estimate of drug-likeness (QED) is 0.348. The maximum atomic E-state index is 9.90. The van der Waals surface area contributed by atoms with Crippen LogP contribution in [0.2, 0.25) is 0 Å². The predicted molar refractivity (Wildman–Crippen MR) is 64.8 cm³/mol. The number of esters is 1. The summed E-state index contributed by atoms with van der Waals surface area (Å²) in [6, 6.07) is 0. The van der Waals surface area contributed by atoms with Crippen molar-refractivity contribution in [1.82, 2.24) is 0 Å². The minimum Gasteiger partial charge on any atom is -0.516 e. The third-order valence-electron chi connectivity index (χ3n) is 1.20. The SMILES string of the molecule is C=CC(C=O)CC.C=CO.C=COC(C)=O. The van der Waals surface area contributed by atoms with E-state index in [0.29, 0.717) is 0 Å². The summed E-state index contributed by atoms with van der Waals surface area (Å²) >= 11 is 0. The van der Waals surface area contributed by atoms with Crippen LogP contribution in [-0.4, -0.2) is 17.4 Å². The molecule has 1 N–H and O–H groups in total. The van der Waals surface area contributed by atoms with E-state index in [1.807, 2.05) is 6.92 Å². The summed E-state index contributed by atoms with van der Waals surface area (Å²) in [6.07, 6.45) is 5.29. The van der Waals surface area contributed by atoms with Crippen LogP contribution in [0.15, 0.2) is 38.3 Å². The largest absolute Gasteiger partial charge is 0.516 e. The molecule has 0 rings (SSSR count). The lowest BCUT2D eigenvalue weighted by Gasteiger charge is -1.92. The van der Waals surface area contributed by atoms with E-state index in [2.05, 4.69) is 24.5 Å². The van der Waals surface area contributed by atoms with E-state index >= 15 is 0 Å². The first-order chi connectivity index (χ1) is 7.53. The molecule has 4 nitrogen and oxygen atoms in total. The van der Waals surface area contributed by atoms with E-state index in [1.54, 1.807) is 6.08 Å². The molecule has 1 atom stereocenters. The molecule has 0 aromatic heterocycles. The lowest BCUT2D eigenvalue weighted by atomic mass is 10.1. The highest BCUT2D eigenvalue weighted by Crippen LogP contribution is 1.96. The van der Waals surface area contributed by atoms with Crippen molar-refractivity contribution < 1.29 is 19.4 Å². The topological polar surface area (TPSA) is 63.6 Å². The van der Waals surface area contributed by atoms with Crippen LogP contribution in [0.5, 0.6) is 0 Å². The highest BCUT2D eigenvalue weighted by molar-refractivity contribution is 5.66. The Morgan fingerprint density at radius 1 is 1.44 bits per heavy atom. The van der Waals surface area contributed by atoms with Gasteiger partial charge in [0.15, 0.2) is 0 Å². The normalized spacial score (nSPS) is 8.88. The molecule has 0 fully saturated rings. The number of rotatable bonds is 4. The number of aldehydes is 1. The molecule has 0 radical (unpaired) electrons. The first kappa shape index (κ1) is 19.7. The Kier molecular flexibility index (Phi) is 23.2. The van der Waals surface area contributed by atoms with E-state index in [1.165, 1.54) is 6.92 Å². The number of carbonyl (C=O) groups excluding carboxylic acids is 2. The summed E-state index contributed by atoms with van der Waals surface area (Å²) < 4.78 is 4.17. The molecular weight excluding hydrogens is 208 g/mol. The molecule has 0 saturated carbocycles. The smallest absolute Gasteiger partial charge is 0.307 e. The van der Waals surface area contributed by atoms with Crippen molar-refractivity contribution in [2.24, 2.45) is 5.92 Å². The molecule has 16 heavy (non-hydrogen) atoms. The van der Waals surface area contributed by atoms with Crippen molar-refractivity contribution in [3.05, 3.63) is 38.3 Å². The van der Waals surface area contributed by atoms with Crippen molar-refractivity contribution in [2.75, 3.05) is 0 Å². The Bertz CT molecular complexity index is 201. The molecule has 0 aliphatic rings. The number of aliphatic hydroxyl groups excluding tert-OH is 1. The molecule has 0 heterocycles. The van der Waals surface area contributed by atoms with Crippen LogP contribution in [0.3, 0.4) is 0 Å². The van der Waals surface area contributed by atoms with Crippen molar-refractivity contribution in [3.63, 3.8) is 0 Å². The van der Waals surface area contributed by atoms with E-state index < -0.39 is 0 Å². The number of hydrogen-bond donors (Lipinski definition) is 1. The standard InChI is InChI=1S/C6H10O.C4H6O2.C2H4O/c1-3-6(4-2)5-7;1-3-6-4(2)5;1-2-3/h3,5-6H,1,4H2,2H3;3H,1H2,2H3;2-3H,1H2. The molecule has 4 heteroatoms. The molecule has 92 valence electrons. The van der Waals surface area contributed by atoms with Gasteiger partial charge in [-0.3, -0.25) is 4.79 Å². The minimum absolute atomic E-state index is 0.0694. The Morgan fingerprint density at radius 2 is 1.88 bits per heavy atom. The lowest BCUT2D eigenvalue weighted by Crippen LogP contribution is -1.92. The number of allylic oxidation sites excluding steroid dienone is 1. The Balaban J connectivity index is -0.000000172. The zero-order valence-electron chi connectivity index (χ0n) is 9.89. The van der Waals surface area contributed by atoms with E-state index in [4.69, 9.17) is 5.11 Å². The second kappa shape index (κ2) is 18.9. The number of ether oxygens (including phenoxy) is 1. The predicted octanol–water partition coefficient (Wildman–Crippen LogP) is 2.78. The summed E-state index contributed by atoms with van der Waals surface area (Å²) in [5.74, 6) is -0.259. The van der Waals surface area contributed by atoms with E-state index in [9.17, 15) is 9.59 Å². The van der Waals surface area contributed by atoms with Gasteiger partial charge in [-0.05, 0) is 6.42 Å². The molecule has 1 unspecified atom stereocenters. The maximum absolute atomic E-state index is 9.90. The molecule has 0 spiro atoms. The number of carbonyl (C=O) groups is 2. The minimum atomic E-state index is -0.329.